The molecule has 2 N–H and O–H groups in total. The van der Waals surface area contributed by atoms with E-state index in [1.54, 1.807) is 12.3 Å². The highest BCUT2D eigenvalue weighted by molar-refractivity contribution is 5.89. The molecule has 1 saturated heterocycles. The Kier molecular flexibility index (Phi) is 2.87. The van der Waals surface area contributed by atoms with Crippen molar-refractivity contribution in [3.05, 3.63) is 18.0 Å². The fourth-order valence-corrected chi connectivity index (χ4v) is 1.59. The van der Waals surface area contributed by atoms with Crippen molar-refractivity contribution >= 4 is 11.7 Å². The lowest BCUT2D eigenvalue weighted by molar-refractivity contribution is -0.104. The van der Waals surface area contributed by atoms with Crippen LogP contribution in [0, 0.1) is 0 Å². The van der Waals surface area contributed by atoms with Crippen molar-refractivity contribution in [3.63, 3.8) is 0 Å². The van der Waals surface area contributed by atoms with Gasteiger partial charge in [-0.1, -0.05) is 0 Å². The van der Waals surface area contributed by atoms with Crippen molar-refractivity contribution in [2.75, 3.05) is 18.9 Å². The minimum atomic E-state index is -0.335. The summed E-state index contributed by atoms with van der Waals surface area (Å²) in [7, 11) is 0. The van der Waals surface area contributed by atoms with E-state index in [9.17, 15) is 4.79 Å². The topological polar surface area (TPSA) is 66.5 Å². The second-order valence-electron chi connectivity index (χ2n) is 4.22. The highest BCUT2D eigenvalue weighted by Crippen LogP contribution is 2.18. The number of carbonyl (C=O) groups is 1. The molecule has 1 aliphatic heterocycles. The molecule has 0 bridgehead atoms. The fourth-order valence-electron chi connectivity index (χ4n) is 1.59. The van der Waals surface area contributed by atoms with Gasteiger partial charge in [-0.05, 0) is 19.9 Å². The Balaban J connectivity index is 2.14. The predicted octanol–water partition coefficient (Wildman–Crippen LogP) is 1.21. The molecule has 1 aromatic rings. The first-order valence-corrected chi connectivity index (χ1v) is 5.34. The third-order valence-corrected chi connectivity index (χ3v) is 2.52. The summed E-state index contributed by atoms with van der Waals surface area (Å²) < 4.78 is 12.0. The standard InChI is InChI=1S/C11H16N2O3/c1-7(2)13-4-8(12)3-10(13)11(14)16-9-5-15-6-9/h3-4,7,9H,5-6,12H2,1-2H3. The lowest BCUT2D eigenvalue weighted by Crippen LogP contribution is -2.38. The van der Waals surface area contributed by atoms with Crippen molar-refractivity contribution in [2.24, 2.45) is 0 Å². The number of hydrogen-bond acceptors (Lipinski definition) is 4. The van der Waals surface area contributed by atoms with Crippen LogP contribution in [0.1, 0.15) is 30.4 Å². The SMILES string of the molecule is CC(C)n1cc(N)cc1C(=O)OC1COC1. The number of esters is 1. The Morgan fingerprint density at radius 2 is 2.31 bits per heavy atom. The van der Waals surface area contributed by atoms with E-state index < -0.39 is 0 Å². The smallest absolute Gasteiger partial charge is 0.355 e. The van der Waals surface area contributed by atoms with E-state index in [4.69, 9.17) is 15.2 Å². The van der Waals surface area contributed by atoms with Crippen molar-refractivity contribution in [1.29, 1.82) is 0 Å². The van der Waals surface area contributed by atoms with E-state index in [0.717, 1.165) is 0 Å². The summed E-state index contributed by atoms with van der Waals surface area (Å²) >= 11 is 0. The van der Waals surface area contributed by atoms with E-state index in [2.05, 4.69) is 0 Å². The molecule has 0 aromatic carbocycles. The van der Waals surface area contributed by atoms with Crippen LogP contribution in [-0.2, 0) is 9.47 Å². The van der Waals surface area contributed by atoms with Crippen molar-refractivity contribution < 1.29 is 14.3 Å². The summed E-state index contributed by atoms with van der Waals surface area (Å²) in [6, 6.07) is 1.82. The number of rotatable bonds is 3. The largest absolute Gasteiger partial charge is 0.453 e. The van der Waals surface area contributed by atoms with Gasteiger partial charge in [0.2, 0.25) is 0 Å². The van der Waals surface area contributed by atoms with Gasteiger partial charge in [-0.15, -0.1) is 0 Å². The lowest BCUT2D eigenvalue weighted by atomic mass is 10.3. The Hall–Kier alpha value is -1.49. The minimum Gasteiger partial charge on any atom is -0.453 e. The van der Waals surface area contributed by atoms with E-state index >= 15 is 0 Å². The Bertz CT molecular complexity index is 394. The molecule has 0 atom stereocenters. The van der Waals surface area contributed by atoms with Crippen LogP contribution >= 0.6 is 0 Å². The Morgan fingerprint density at radius 1 is 1.62 bits per heavy atom. The molecule has 0 amide bonds. The highest BCUT2D eigenvalue weighted by atomic mass is 16.6. The molecule has 2 rings (SSSR count). The average molecular weight is 224 g/mol. The van der Waals surface area contributed by atoms with Crippen molar-refractivity contribution in [1.82, 2.24) is 4.57 Å². The summed E-state index contributed by atoms with van der Waals surface area (Å²) in [6.45, 7) is 4.96. The molecule has 5 nitrogen and oxygen atoms in total. The molecule has 2 heterocycles. The third-order valence-electron chi connectivity index (χ3n) is 2.52. The van der Waals surface area contributed by atoms with Gasteiger partial charge in [-0.3, -0.25) is 0 Å². The van der Waals surface area contributed by atoms with Gasteiger partial charge >= 0.3 is 5.97 Å². The van der Waals surface area contributed by atoms with E-state index in [1.165, 1.54) is 0 Å². The van der Waals surface area contributed by atoms with Crippen LogP contribution in [0.3, 0.4) is 0 Å². The molecular weight excluding hydrogens is 208 g/mol. The maximum Gasteiger partial charge on any atom is 0.355 e. The predicted molar refractivity (Wildman–Crippen MR) is 59.3 cm³/mol. The second-order valence-corrected chi connectivity index (χ2v) is 4.22. The summed E-state index contributed by atoms with van der Waals surface area (Å²) in [5.74, 6) is -0.335. The van der Waals surface area contributed by atoms with Crippen LogP contribution in [0.25, 0.3) is 0 Å². The van der Waals surface area contributed by atoms with Crippen LogP contribution < -0.4 is 5.73 Å². The summed E-state index contributed by atoms with van der Waals surface area (Å²) in [5, 5.41) is 0. The zero-order valence-corrected chi connectivity index (χ0v) is 9.47. The highest BCUT2D eigenvalue weighted by Gasteiger charge is 2.25. The molecule has 16 heavy (non-hydrogen) atoms. The van der Waals surface area contributed by atoms with Crippen LogP contribution in [0.5, 0.6) is 0 Å². The number of hydrogen-bond donors (Lipinski definition) is 1. The Labute approximate surface area is 94.1 Å². The number of anilines is 1. The first kappa shape index (κ1) is 11.0. The molecule has 1 fully saturated rings. The fraction of sp³-hybridized carbons (Fsp3) is 0.545. The minimum absolute atomic E-state index is 0.107. The number of nitrogen functional groups attached to an aromatic ring is 1. The molecule has 1 aromatic heterocycles. The number of nitrogens with two attached hydrogens (primary N) is 1. The van der Waals surface area contributed by atoms with E-state index in [1.807, 2.05) is 18.4 Å². The maximum absolute atomic E-state index is 11.8. The third kappa shape index (κ3) is 2.04. The lowest BCUT2D eigenvalue weighted by Gasteiger charge is -2.26. The zero-order chi connectivity index (χ0) is 11.7. The quantitative estimate of drug-likeness (QED) is 0.783. The molecule has 0 saturated carbocycles. The van der Waals surface area contributed by atoms with Crippen LogP contribution in [0.4, 0.5) is 5.69 Å². The monoisotopic (exact) mass is 224 g/mol. The van der Waals surface area contributed by atoms with Gasteiger partial charge in [-0.2, -0.15) is 0 Å². The molecular formula is C11H16N2O3. The van der Waals surface area contributed by atoms with Gasteiger partial charge in [-0.25, -0.2) is 4.79 Å². The zero-order valence-electron chi connectivity index (χ0n) is 9.47. The number of aromatic nitrogens is 1. The first-order chi connectivity index (χ1) is 7.58. The van der Waals surface area contributed by atoms with Crippen LogP contribution in [-0.4, -0.2) is 29.9 Å². The summed E-state index contributed by atoms with van der Waals surface area (Å²) in [6.07, 6.45) is 1.64. The Morgan fingerprint density at radius 3 is 2.81 bits per heavy atom. The van der Waals surface area contributed by atoms with Crippen LogP contribution in [0.15, 0.2) is 12.3 Å². The number of carbonyl (C=O) groups excluding carboxylic acids is 1. The molecule has 0 aliphatic carbocycles. The van der Waals surface area contributed by atoms with Gasteiger partial charge in [0.25, 0.3) is 0 Å². The molecule has 0 radical (unpaired) electrons. The molecule has 5 heteroatoms. The molecule has 0 unspecified atom stereocenters. The summed E-state index contributed by atoms with van der Waals surface area (Å²) in [5.41, 5.74) is 6.75. The van der Waals surface area contributed by atoms with Gasteiger partial charge in [0.1, 0.15) is 11.8 Å². The number of ether oxygens (including phenoxy) is 2. The summed E-state index contributed by atoms with van der Waals surface area (Å²) in [4.78, 5) is 11.8. The normalized spacial score (nSPS) is 16.2. The van der Waals surface area contributed by atoms with Gasteiger partial charge in [0.15, 0.2) is 0 Å². The van der Waals surface area contributed by atoms with E-state index in [-0.39, 0.29) is 18.1 Å². The maximum atomic E-state index is 11.8. The van der Waals surface area contributed by atoms with Gasteiger partial charge in [0.05, 0.1) is 18.9 Å². The molecule has 0 spiro atoms. The average Bonchev–Trinajstić information content (AvgIpc) is 2.53. The van der Waals surface area contributed by atoms with Gasteiger partial charge < -0.3 is 19.8 Å². The first-order valence-electron chi connectivity index (χ1n) is 5.34. The molecule has 1 aliphatic rings. The van der Waals surface area contributed by atoms with Crippen LogP contribution in [0.2, 0.25) is 0 Å². The van der Waals surface area contributed by atoms with E-state index in [0.29, 0.717) is 24.6 Å². The van der Waals surface area contributed by atoms with Crippen molar-refractivity contribution in [2.45, 2.75) is 26.0 Å². The second kappa shape index (κ2) is 4.17. The molecule has 88 valence electrons. The van der Waals surface area contributed by atoms with Crippen molar-refractivity contribution in [3.8, 4) is 0 Å². The number of nitrogens with zero attached hydrogens (tertiary/aromatic N) is 1. The van der Waals surface area contributed by atoms with Gasteiger partial charge in [0, 0.05) is 12.2 Å².